The molecule has 8 nitrogen and oxygen atoms in total. The van der Waals surface area contributed by atoms with E-state index in [-0.39, 0.29) is 15.9 Å². The number of nitrogens with one attached hydrogen (secondary N) is 1. The van der Waals surface area contributed by atoms with Gasteiger partial charge < -0.3 is 10.2 Å². The van der Waals surface area contributed by atoms with Crippen molar-refractivity contribution >= 4 is 68.9 Å². The predicted octanol–water partition coefficient (Wildman–Crippen LogP) is 6.38. The first kappa shape index (κ1) is 26.5. The number of carbonyl (C=O) groups excluding carboxylic acids is 2. The van der Waals surface area contributed by atoms with E-state index < -0.39 is 16.6 Å². The number of carbonyl (C=O) groups is 2. The van der Waals surface area contributed by atoms with E-state index in [4.69, 9.17) is 12.2 Å². The summed E-state index contributed by atoms with van der Waals surface area (Å²) in [5.41, 5.74) is 2.25. The number of thiocarbonyl (C=S) groups is 1. The molecular weight excluding hydrogens is 539 g/mol. The van der Waals surface area contributed by atoms with Gasteiger partial charge in [0.25, 0.3) is 17.5 Å². The van der Waals surface area contributed by atoms with E-state index in [1.807, 2.05) is 4.90 Å². The van der Waals surface area contributed by atoms with Crippen LogP contribution in [0.4, 0.5) is 27.1 Å². The first-order chi connectivity index (χ1) is 18.8. The zero-order chi connectivity index (χ0) is 27.5. The molecule has 0 bridgehead atoms. The van der Waals surface area contributed by atoms with Gasteiger partial charge in [-0.05, 0) is 79.4 Å². The third kappa shape index (κ3) is 5.84. The average Bonchev–Trinajstić information content (AvgIpc) is 3.22. The molecule has 2 fully saturated rings. The Kier molecular flexibility index (Phi) is 7.71. The molecule has 5 rings (SSSR count). The second-order valence-electron chi connectivity index (χ2n) is 9.08. The third-order valence-corrected chi connectivity index (χ3v) is 7.76. The van der Waals surface area contributed by atoms with Gasteiger partial charge in [0.15, 0.2) is 4.32 Å². The average molecular weight is 563 g/mol. The molecule has 0 aliphatic carbocycles. The zero-order valence-electron chi connectivity index (χ0n) is 20.6. The Morgan fingerprint density at radius 2 is 1.79 bits per heavy atom. The lowest BCUT2D eigenvalue weighted by Crippen LogP contribution is -2.29. The van der Waals surface area contributed by atoms with Crippen molar-refractivity contribution in [2.24, 2.45) is 0 Å². The van der Waals surface area contributed by atoms with Crippen molar-refractivity contribution in [3.63, 3.8) is 0 Å². The summed E-state index contributed by atoms with van der Waals surface area (Å²) in [7, 11) is 0. The highest BCUT2D eigenvalue weighted by Crippen LogP contribution is 2.38. The number of nitro benzene ring substituents is 1. The fourth-order valence-corrected chi connectivity index (χ4v) is 5.84. The monoisotopic (exact) mass is 562 g/mol. The van der Waals surface area contributed by atoms with E-state index in [0.717, 1.165) is 44.1 Å². The maximum Gasteiger partial charge on any atom is 0.293 e. The second-order valence-corrected chi connectivity index (χ2v) is 10.8. The number of benzene rings is 3. The van der Waals surface area contributed by atoms with Gasteiger partial charge in [-0.3, -0.25) is 24.6 Å². The number of piperidine rings is 1. The number of anilines is 3. The number of hydrogen-bond donors (Lipinski definition) is 1. The lowest BCUT2D eigenvalue weighted by atomic mass is 10.1. The summed E-state index contributed by atoms with van der Waals surface area (Å²) in [5, 5.41) is 14.5. The first-order valence-electron chi connectivity index (χ1n) is 12.3. The molecule has 0 atom stereocenters. The normalized spacial score (nSPS) is 16.6. The Balaban J connectivity index is 1.37. The van der Waals surface area contributed by atoms with Crippen molar-refractivity contribution in [3.8, 4) is 0 Å². The molecule has 0 saturated carbocycles. The number of rotatable bonds is 6. The Bertz CT molecular complexity index is 1500. The molecule has 0 spiro atoms. The fourth-order valence-electron chi connectivity index (χ4n) is 4.54. The smallest absolute Gasteiger partial charge is 0.293 e. The lowest BCUT2D eigenvalue weighted by Gasteiger charge is -2.28. The summed E-state index contributed by atoms with van der Waals surface area (Å²) >= 11 is 6.56. The highest BCUT2D eigenvalue weighted by atomic mass is 32.2. The molecule has 2 aliphatic rings. The van der Waals surface area contributed by atoms with Gasteiger partial charge >= 0.3 is 0 Å². The van der Waals surface area contributed by atoms with Crippen LogP contribution < -0.4 is 15.1 Å². The topological polar surface area (TPSA) is 95.8 Å². The molecule has 2 aliphatic heterocycles. The molecule has 1 N–H and O–H groups in total. The van der Waals surface area contributed by atoms with Gasteiger partial charge in [0.05, 0.1) is 15.5 Å². The Morgan fingerprint density at radius 3 is 2.51 bits per heavy atom. The molecule has 0 unspecified atom stereocenters. The summed E-state index contributed by atoms with van der Waals surface area (Å²) in [6.07, 6.45) is 4.70. The molecular formula is C28H23FN4O4S2. The SMILES string of the molecule is O=C(Nc1ccc(F)cc1)c1cccc(N2C(=O)/C(=C\c3ccc(N4CCCCC4)c([N+](=O)[O-])c3)SC2=S)c1. The van der Waals surface area contributed by atoms with Crippen molar-refractivity contribution in [1.29, 1.82) is 0 Å². The minimum Gasteiger partial charge on any atom is -0.366 e. The van der Waals surface area contributed by atoms with E-state index in [9.17, 15) is 24.1 Å². The van der Waals surface area contributed by atoms with E-state index in [1.54, 1.807) is 42.5 Å². The van der Waals surface area contributed by atoms with Gasteiger partial charge in [0.1, 0.15) is 11.5 Å². The molecule has 2 heterocycles. The zero-order valence-corrected chi connectivity index (χ0v) is 22.3. The summed E-state index contributed by atoms with van der Waals surface area (Å²) in [6.45, 7) is 1.56. The van der Waals surface area contributed by atoms with Crippen molar-refractivity contribution in [2.45, 2.75) is 19.3 Å². The molecule has 39 heavy (non-hydrogen) atoms. The standard InChI is InChI=1S/C28H23FN4O4S2/c29-20-8-10-21(11-9-20)30-26(34)19-5-4-6-22(17-19)32-27(35)25(39-28(32)38)16-18-7-12-23(24(15-18)33(36)37)31-13-2-1-3-14-31/h4-12,15-17H,1-3,13-14H2,(H,30,34)/b25-16+. The van der Waals surface area contributed by atoms with Crippen LogP contribution in [-0.2, 0) is 4.79 Å². The summed E-state index contributed by atoms with van der Waals surface area (Å²) < 4.78 is 13.4. The Labute approximate surface area is 233 Å². The second kappa shape index (κ2) is 11.3. The van der Waals surface area contributed by atoms with Gasteiger partial charge in [-0.1, -0.05) is 36.1 Å². The van der Waals surface area contributed by atoms with Crippen molar-refractivity contribution < 1.29 is 18.9 Å². The van der Waals surface area contributed by atoms with Crippen LogP contribution in [0.3, 0.4) is 0 Å². The molecule has 198 valence electrons. The van der Waals surface area contributed by atoms with Crippen LogP contribution in [0, 0.1) is 15.9 Å². The van der Waals surface area contributed by atoms with Crippen LogP contribution in [0.1, 0.15) is 35.2 Å². The summed E-state index contributed by atoms with van der Waals surface area (Å²) in [5.74, 6) is -1.22. The van der Waals surface area contributed by atoms with Crippen LogP contribution in [0.2, 0.25) is 0 Å². The number of thioether (sulfide) groups is 1. The van der Waals surface area contributed by atoms with Crippen LogP contribution >= 0.6 is 24.0 Å². The Morgan fingerprint density at radius 1 is 1.05 bits per heavy atom. The summed E-state index contributed by atoms with van der Waals surface area (Å²) in [4.78, 5) is 41.2. The van der Waals surface area contributed by atoms with E-state index in [1.165, 1.54) is 35.2 Å². The molecule has 2 amide bonds. The van der Waals surface area contributed by atoms with Crippen LogP contribution in [0.25, 0.3) is 6.08 Å². The van der Waals surface area contributed by atoms with E-state index in [0.29, 0.717) is 33.1 Å². The van der Waals surface area contributed by atoms with Crippen molar-refractivity contribution in [3.05, 3.63) is 98.7 Å². The first-order valence-corrected chi connectivity index (χ1v) is 13.5. The van der Waals surface area contributed by atoms with Crippen LogP contribution in [0.5, 0.6) is 0 Å². The van der Waals surface area contributed by atoms with Gasteiger partial charge in [0.2, 0.25) is 0 Å². The number of nitro groups is 1. The third-order valence-electron chi connectivity index (χ3n) is 6.45. The minimum atomic E-state index is -0.425. The molecule has 2 saturated heterocycles. The predicted molar refractivity (Wildman–Crippen MR) is 156 cm³/mol. The molecule has 3 aromatic rings. The number of amides is 2. The van der Waals surface area contributed by atoms with Crippen LogP contribution in [-0.4, -0.2) is 34.1 Å². The largest absolute Gasteiger partial charge is 0.366 e. The maximum absolute atomic E-state index is 13.3. The van der Waals surface area contributed by atoms with E-state index >= 15 is 0 Å². The minimum absolute atomic E-state index is 0.000923. The fraction of sp³-hybridized carbons (Fsp3) is 0.179. The quantitative estimate of drug-likeness (QED) is 0.161. The van der Waals surface area contributed by atoms with Crippen LogP contribution in [0.15, 0.2) is 71.6 Å². The van der Waals surface area contributed by atoms with Gasteiger partial charge in [-0.15, -0.1) is 0 Å². The molecule has 0 aromatic heterocycles. The number of nitrogens with zero attached hydrogens (tertiary/aromatic N) is 3. The number of halogens is 1. The highest BCUT2D eigenvalue weighted by molar-refractivity contribution is 8.27. The highest BCUT2D eigenvalue weighted by Gasteiger charge is 2.34. The molecule has 11 heteroatoms. The maximum atomic E-state index is 13.3. The van der Waals surface area contributed by atoms with Crippen molar-refractivity contribution in [1.82, 2.24) is 0 Å². The lowest BCUT2D eigenvalue weighted by molar-refractivity contribution is -0.384. The summed E-state index contributed by atoms with van der Waals surface area (Å²) in [6, 6.07) is 16.8. The number of hydrogen-bond acceptors (Lipinski definition) is 7. The molecule has 3 aromatic carbocycles. The molecule has 0 radical (unpaired) electrons. The van der Waals surface area contributed by atoms with Gasteiger partial charge in [0, 0.05) is 30.4 Å². The van der Waals surface area contributed by atoms with E-state index in [2.05, 4.69) is 5.32 Å². The van der Waals surface area contributed by atoms with Crippen molar-refractivity contribution in [2.75, 3.05) is 28.2 Å². The van der Waals surface area contributed by atoms with Gasteiger partial charge in [-0.2, -0.15) is 0 Å². The Hall–Kier alpha value is -4.09. The van der Waals surface area contributed by atoms with Gasteiger partial charge in [-0.25, -0.2) is 4.39 Å².